The van der Waals surface area contributed by atoms with Crippen LogP contribution in [0.5, 0.6) is 0 Å². The van der Waals surface area contributed by atoms with Gasteiger partial charge in [0, 0.05) is 25.9 Å². The third-order valence-electron chi connectivity index (χ3n) is 2.76. The molecule has 1 N–H and O–H groups in total. The van der Waals surface area contributed by atoms with Crippen molar-refractivity contribution in [2.24, 2.45) is 0 Å². The molecular formula is C12H22N4O3S. The third kappa shape index (κ3) is 4.29. The number of nitrogens with one attached hydrogen (secondary N) is 1. The molecule has 0 spiro atoms. The standard InChI is InChI=1S/C12H22N4O3S/c1-12(2,3)10-13-11(15-14-10)20(18,19)8-6-7-9(17)16(4)5/h6-8H2,1-5H3,(H,13,14,15). The van der Waals surface area contributed by atoms with E-state index in [0.717, 1.165) is 0 Å². The maximum atomic E-state index is 12.1. The summed E-state index contributed by atoms with van der Waals surface area (Å²) in [7, 11) is -0.264. The Kier molecular flexibility index (Phi) is 4.90. The molecule has 0 saturated carbocycles. The molecule has 114 valence electrons. The van der Waals surface area contributed by atoms with E-state index >= 15 is 0 Å². The van der Waals surface area contributed by atoms with Gasteiger partial charge in [-0.3, -0.25) is 9.89 Å². The average Bonchev–Trinajstić information content (AvgIpc) is 2.77. The number of hydrogen-bond donors (Lipinski definition) is 1. The van der Waals surface area contributed by atoms with Crippen molar-refractivity contribution in [3.63, 3.8) is 0 Å². The van der Waals surface area contributed by atoms with Gasteiger partial charge >= 0.3 is 0 Å². The lowest BCUT2D eigenvalue weighted by Gasteiger charge is -2.12. The Morgan fingerprint density at radius 2 is 1.90 bits per heavy atom. The first-order chi connectivity index (χ1) is 9.04. The molecule has 1 rings (SSSR count). The van der Waals surface area contributed by atoms with Crippen LogP contribution in [-0.4, -0.2) is 54.3 Å². The van der Waals surface area contributed by atoms with Gasteiger partial charge < -0.3 is 4.90 Å². The van der Waals surface area contributed by atoms with Crippen molar-refractivity contribution in [3.05, 3.63) is 5.82 Å². The SMILES string of the molecule is CN(C)C(=O)CCCS(=O)(=O)c1n[nH]c(C(C)(C)C)n1. The molecule has 0 aliphatic heterocycles. The van der Waals surface area contributed by atoms with Gasteiger partial charge in [-0.15, -0.1) is 5.10 Å². The Morgan fingerprint density at radius 1 is 1.30 bits per heavy atom. The summed E-state index contributed by atoms with van der Waals surface area (Å²) in [5, 5.41) is 6.23. The number of aromatic nitrogens is 3. The Hall–Kier alpha value is -1.44. The van der Waals surface area contributed by atoms with Gasteiger partial charge in [-0.25, -0.2) is 13.4 Å². The highest BCUT2D eigenvalue weighted by atomic mass is 32.2. The topological polar surface area (TPSA) is 96.0 Å². The van der Waals surface area contributed by atoms with Crippen LogP contribution in [0.25, 0.3) is 0 Å². The van der Waals surface area contributed by atoms with Crippen LogP contribution in [0.4, 0.5) is 0 Å². The van der Waals surface area contributed by atoms with Gasteiger partial charge in [0.15, 0.2) is 0 Å². The van der Waals surface area contributed by atoms with E-state index in [-0.39, 0.29) is 35.1 Å². The van der Waals surface area contributed by atoms with Crippen molar-refractivity contribution in [1.29, 1.82) is 0 Å². The van der Waals surface area contributed by atoms with Crippen LogP contribution in [0, 0.1) is 0 Å². The highest BCUT2D eigenvalue weighted by molar-refractivity contribution is 7.91. The van der Waals surface area contributed by atoms with Gasteiger partial charge in [-0.2, -0.15) is 0 Å². The smallest absolute Gasteiger partial charge is 0.266 e. The number of rotatable bonds is 5. The predicted molar refractivity (Wildman–Crippen MR) is 75.1 cm³/mol. The molecule has 0 saturated heterocycles. The van der Waals surface area contributed by atoms with E-state index in [1.165, 1.54) is 4.90 Å². The Morgan fingerprint density at radius 3 is 2.35 bits per heavy atom. The van der Waals surface area contributed by atoms with E-state index in [0.29, 0.717) is 5.82 Å². The average molecular weight is 302 g/mol. The molecule has 7 nitrogen and oxygen atoms in total. The van der Waals surface area contributed by atoms with Crippen molar-refractivity contribution in [1.82, 2.24) is 20.1 Å². The van der Waals surface area contributed by atoms with Crippen molar-refractivity contribution >= 4 is 15.7 Å². The number of hydrogen-bond acceptors (Lipinski definition) is 5. The first-order valence-electron chi connectivity index (χ1n) is 6.40. The molecule has 0 atom stereocenters. The van der Waals surface area contributed by atoms with E-state index in [1.807, 2.05) is 20.8 Å². The number of aromatic amines is 1. The van der Waals surface area contributed by atoms with Crippen LogP contribution in [-0.2, 0) is 20.0 Å². The molecule has 1 aromatic heterocycles. The highest BCUT2D eigenvalue weighted by Gasteiger charge is 2.25. The minimum Gasteiger partial charge on any atom is -0.349 e. The third-order valence-corrected chi connectivity index (χ3v) is 4.32. The van der Waals surface area contributed by atoms with Gasteiger partial charge in [0.25, 0.3) is 5.16 Å². The number of nitrogens with zero attached hydrogens (tertiary/aromatic N) is 3. The van der Waals surface area contributed by atoms with Crippen LogP contribution in [0.2, 0.25) is 0 Å². The second-order valence-electron chi connectivity index (χ2n) is 5.93. The van der Waals surface area contributed by atoms with Gasteiger partial charge in [0.1, 0.15) is 5.82 Å². The Balaban J connectivity index is 2.70. The van der Waals surface area contributed by atoms with Crippen molar-refractivity contribution in [2.75, 3.05) is 19.8 Å². The Labute approximate surface area is 119 Å². The van der Waals surface area contributed by atoms with Crippen LogP contribution in [0.15, 0.2) is 5.16 Å². The van der Waals surface area contributed by atoms with E-state index in [2.05, 4.69) is 15.2 Å². The monoisotopic (exact) mass is 302 g/mol. The lowest BCUT2D eigenvalue weighted by Crippen LogP contribution is -2.22. The first-order valence-corrected chi connectivity index (χ1v) is 8.05. The summed E-state index contributed by atoms with van der Waals surface area (Å²) in [5.41, 5.74) is -0.290. The molecule has 8 heteroatoms. The zero-order valence-electron chi connectivity index (χ0n) is 12.6. The minimum atomic E-state index is -3.55. The predicted octanol–water partition coefficient (Wildman–Crippen LogP) is 0.744. The van der Waals surface area contributed by atoms with Gasteiger partial charge in [0.05, 0.1) is 5.75 Å². The van der Waals surface area contributed by atoms with E-state index < -0.39 is 9.84 Å². The summed E-state index contributed by atoms with van der Waals surface area (Å²) in [6.45, 7) is 5.75. The fraction of sp³-hybridized carbons (Fsp3) is 0.750. The van der Waals surface area contributed by atoms with Crippen LogP contribution < -0.4 is 0 Å². The van der Waals surface area contributed by atoms with Crippen LogP contribution >= 0.6 is 0 Å². The number of carbonyl (C=O) groups excluding carboxylic acids is 1. The molecule has 0 fully saturated rings. The van der Waals surface area contributed by atoms with Gasteiger partial charge in [0.2, 0.25) is 15.7 Å². The molecule has 1 amide bonds. The molecule has 1 aromatic rings. The molecule has 1 heterocycles. The second kappa shape index (κ2) is 5.90. The zero-order chi connectivity index (χ0) is 15.6. The number of amides is 1. The van der Waals surface area contributed by atoms with Crippen molar-refractivity contribution < 1.29 is 13.2 Å². The second-order valence-corrected chi connectivity index (χ2v) is 7.93. The van der Waals surface area contributed by atoms with E-state index in [9.17, 15) is 13.2 Å². The van der Waals surface area contributed by atoms with E-state index in [4.69, 9.17) is 0 Å². The number of H-pyrrole nitrogens is 1. The summed E-state index contributed by atoms with van der Waals surface area (Å²) >= 11 is 0. The molecule has 20 heavy (non-hydrogen) atoms. The molecule has 0 unspecified atom stereocenters. The molecule has 0 aromatic carbocycles. The normalized spacial score (nSPS) is 12.4. The maximum Gasteiger partial charge on any atom is 0.266 e. The molecule has 0 bridgehead atoms. The molecule has 0 aliphatic carbocycles. The summed E-state index contributed by atoms with van der Waals surface area (Å²) < 4.78 is 24.1. The fourth-order valence-corrected chi connectivity index (χ4v) is 2.57. The zero-order valence-corrected chi connectivity index (χ0v) is 13.4. The number of sulfone groups is 1. The Bertz CT molecular complexity index is 570. The molecule has 0 aliphatic rings. The summed E-state index contributed by atoms with van der Waals surface area (Å²) in [6, 6.07) is 0. The quantitative estimate of drug-likeness (QED) is 0.865. The maximum absolute atomic E-state index is 12.1. The van der Waals surface area contributed by atoms with Crippen LogP contribution in [0.3, 0.4) is 0 Å². The minimum absolute atomic E-state index is 0.0921. The summed E-state index contributed by atoms with van der Waals surface area (Å²) in [6.07, 6.45) is 0.460. The fourth-order valence-electron chi connectivity index (χ4n) is 1.45. The molecular weight excluding hydrogens is 280 g/mol. The number of carbonyl (C=O) groups is 1. The lowest BCUT2D eigenvalue weighted by molar-refractivity contribution is -0.128. The lowest BCUT2D eigenvalue weighted by atomic mass is 9.96. The highest BCUT2D eigenvalue weighted by Crippen LogP contribution is 2.19. The van der Waals surface area contributed by atoms with Crippen molar-refractivity contribution in [3.8, 4) is 0 Å². The molecule has 0 radical (unpaired) electrons. The van der Waals surface area contributed by atoms with E-state index in [1.54, 1.807) is 14.1 Å². The summed E-state index contributed by atoms with van der Waals surface area (Å²) in [4.78, 5) is 16.9. The van der Waals surface area contributed by atoms with Crippen LogP contribution in [0.1, 0.15) is 39.4 Å². The van der Waals surface area contributed by atoms with Gasteiger partial charge in [-0.05, 0) is 6.42 Å². The first kappa shape index (κ1) is 16.6. The van der Waals surface area contributed by atoms with Crippen molar-refractivity contribution in [2.45, 2.75) is 44.2 Å². The largest absolute Gasteiger partial charge is 0.349 e. The summed E-state index contributed by atoms with van der Waals surface area (Å²) in [5.74, 6) is 0.305. The van der Waals surface area contributed by atoms with Gasteiger partial charge in [-0.1, -0.05) is 20.8 Å².